The van der Waals surface area contributed by atoms with Crippen LogP contribution in [0.1, 0.15) is 5.56 Å². The number of aromatic nitrogens is 4. The second-order valence-corrected chi connectivity index (χ2v) is 7.67. The van der Waals surface area contributed by atoms with Gasteiger partial charge in [0.15, 0.2) is 11.6 Å². The van der Waals surface area contributed by atoms with Crippen LogP contribution in [0.4, 0.5) is 23.0 Å². The van der Waals surface area contributed by atoms with E-state index in [4.69, 9.17) is 46.4 Å². The van der Waals surface area contributed by atoms with Crippen LogP contribution in [0, 0.1) is 10.1 Å². The minimum Gasteiger partial charge on any atom is -0.337 e. The maximum Gasteiger partial charge on any atom is 0.288 e. The van der Waals surface area contributed by atoms with E-state index in [0.717, 1.165) is 0 Å². The van der Waals surface area contributed by atoms with Crippen LogP contribution in [0.3, 0.4) is 0 Å². The predicted molar refractivity (Wildman–Crippen MR) is 121 cm³/mol. The SMILES string of the molecule is O=[N+]([O-])c1cc(/C=N\Nc2nc3nonc3nc2Nc2ccc(Cl)c(Cl)c2)c(Cl)cc1Cl. The molecule has 2 heterocycles. The number of benzene rings is 2. The first-order valence-electron chi connectivity index (χ1n) is 8.46. The van der Waals surface area contributed by atoms with Gasteiger partial charge in [-0.1, -0.05) is 46.4 Å². The van der Waals surface area contributed by atoms with Crippen LogP contribution in [0.25, 0.3) is 11.3 Å². The van der Waals surface area contributed by atoms with Crippen LogP contribution in [-0.4, -0.2) is 31.4 Å². The molecule has 0 saturated heterocycles. The molecule has 11 nitrogen and oxygen atoms in total. The lowest BCUT2D eigenvalue weighted by atomic mass is 10.2. The quantitative estimate of drug-likeness (QED) is 0.187. The number of halogens is 4. The van der Waals surface area contributed by atoms with Gasteiger partial charge in [-0.15, -0.1) is 0 Å². The number of hydrogen-bond donors (Lipinski definition) is 2. The van der Waals surface area contributed by atoms with Crippen molar-refractivity contribution in [3.05, 3.63) is 66.1 Å². The minimum atomic E-state index is -0.625. The summed E-state index contributed by atoms with van der Waals surface area (Å²) in [4.78, 5) is 19.0. The van der Waals surface area contributed by atoms with E-state index < -0.39 is 4.92 Å². The first-order chi connectivity index (χ1) is 15.3. The summed E-state index contributed by atoms with van der Waals surface area (Å²) in [5.74, 6) is 0.368. The Hall–Kier alpha value is -3.25. The van der Waals surface area contributed by atoms with Crippen molar-refractivity contribution in [2.24, 2.45) is 5.10 Å². The van der Waals surface area contributed by atoms with E-state index in [1.807, 2.05) is 0 Å². The first-order valence-corrected chi connectivity index (χ1v) is 9.98. The topological polar surface area (TPSA) is 144 Å². The highest BCUT2D eigenvalue weighted by molar-refractivity contribution is 6.42. The van der Waals surface area contributed by atoms with Gasteiger partial charge in [0.05, 0.1) is 26.2 Å². The molecule has 162 valence electrons. The predicted octanol–water partition coefficient (Wildman–Crippen LogP) is 5.72. The van der Waals surface area contributed by atoms with Crippen LogP contribution in [0.15, 0.2) is 40.1 Å². The van der Waals surface area contributed by atoms with Crippen LogP contribution in [-0.2, 0) is 0 Å². The lowest BCUT2D eigenvalue weighted by Gasteiger charge is -2.10. The molecule has 0 unspecified atom stereocenters. The molecule has 0 aliphatic carbocycles. The van der Waals surface area contributed by atoms with Crippen molar-refractivity contribution in [1.29, 1.82) is 0 Å². The number of nitrogens with one attached hydrogen (secondary N) is 2. The lowest BCUT2D eigenvalue weighted by molar-refractivity contribution is -0.384. The molecular weight excluding hydrogens is 506 g/mol. The molecule has 0 aliphatic heterocycles. The van der Waals surface area contributed by atoms with Gasteiger partial charge >= 0.3 is 0 Å². The highest BCUT2D eigenvalue weighted by Crippen LogP contribution is 2.31. The molecule has 0 fully saturated rings. The highest BCUT2D eigenvalue weighted by atomic mass is 35.5. The summed E-state index contributed by atoms with van der Waals surface area (Å²) in [6.07, 6.45) is 1.27. The molecule has 0 amide bonds. The van der Waals surface area contributed by atoms with Crippen LogP contribution < -0.4 is 10.7 Å². The minimum absolute atomic E-state index is 0.0897. The Kier molecular flexibility index (Phi) is 6.24. The van der Waals surface area contributed by atoms with E-state index in [2.05, 4.69) is 40.8 Å². The standard InChI is InChI=1S/C17H8Cl4N8O3/c18-9-2-1-8(4-11(9)20)23-14-15(25-17-16(24-14)27-32-28-17)26-22-6-7-3-13(29(30)31)12(21)5-10(7)19/h1-6H,(H,23,24,27)(H,25,26,28)/b22-6-. The molecule has 2 aromatic heterocycles. The Morgan fingerprint density at radius 3 is 2.34 bits per heavy atom. The van der Waals surface area contributed by atoms with E-state index in [9.17, 15) is 10.1 Å². The third-order valence-electron chi connectivity index (χ3n) is 3.93. The highest BCUT2D eigenvalue weighted by Gasteiger charge is 2.16. The normalized spacial score (nSPS) is 11.2. The molecule has 4 aromatic rings. The van der Waals surface area contributed by atoms with E-state index in [1.54, 1.807) is 18.2 Å². The van der Waals surface area contributed by atoms with Gasteiger partial charge in [0.2, 0.25) is 11.3 Å². The maximum atomic E-state index is 11.1. The van der Waals surface area contributed by atoms with Gasteiger partial charge in [-0.2, -0.15) is 10.1 Å². The molecule has 4 rings (SSSR count). The van der Waals surface area contributed by atoms with Gasteiger partial charge in [-0.3, -0.25) is 15.5 Å². The molecular formula is C17H8Cl4N8O3. The number of rotatable bonds is 6. The summed E-state index contributed by atoms with van der Waals surface area (Å²) in [7, 11) is 0. The second-order valence-electron chi connectivity index (χ2n) is 6.04. The summed E-state index contributed by atoms with van der Waals surface area (Å²) in [5, 5.41) is 26.3. The molecule has 0 atom stereocenters. The molecule has 15 heteroatoms. The van der Waals surface area contributed by atoms with Gasteiger partial charge in [0, 0.05) is 17.3 Å². The summed E-state index contributed by atoms with van der Waals surface area (Å²) >= 11 is 23.9. The van der Waals surface area contributed by atoms with Crippen molar-refractivity contribution in [3.8, 4) is 0 Å². The van der Waals surface area contributed by atoms with E-state index in [0.29, 0.717) is 15.7 Å². The maximum absolute atomic E-state index is 11.1. The summed E-state index contributed by atoms with van der Waals surface area (Å²) in [6, 6.07) is 7.34. The molecule has 0 bridgehead atoms. The summed E-state index contributed by atoms with van der Waals surface area (Å²) < 4.78 is 4.64. The van der Waals surface area contributed by atoms with Crippen LogP contribution in [0.5, 0.6) is 0 Å². The fraction of sp³-hybridized carbons (Fsp3) is 0. The van der Waals surface area contributed by atoms with Crippen molar-refractivity contribution in [2.45, 2.75) is 0 Å². The first kappa shape index (κ1) is 22.0. The van der Waals surface area contributed by atoms with Crippen molar-refractivity contribution < 1.29 is 9.55 Å². The fourth-order valence-corrected chi connectivity index (χ4v) is 3.27. The number of fused-ring (bicyclic) bond motifs is 1. The van der Waals surface area contributed by atoms with Crippen LogP contribution in [0.2, 0.25) is 20.1 Å². The number of anilines is 3. The Morgan fingerprint density at radius 1 is 0.938 bits per heavy atom. The molecule has 2 aromatic carbocycles. The molecule has 2 N–H and O–H groups in total. The zero-order valence-corrected chi connectivity index (χ0v) is 18.4. The Balaban J connectivity index is 1.65. The molecule has 0 spiro atoms. The number of nitro groups is 1. The third-order valence-corrected chi connectivity index (χ3v) is 5.30. The average molecular weight is 514 g/mol. The van der Waals surface area contributed by atoms with Gasteiger partial charge in [0.1, 0.15) is 5.02 Å². The van der Waals surface area contributed by atoms with E-state index in [1.165, 1.54) is 18.3 Å². The smallest absolute Gasteiger partial charge is 0.288 e. The molecule has 32 heavy (non-hydrogen) atoms. The zero-order chi connectivity index (χ0) is 22.8. The van der Waals surface area contributed by atoms with E-state index in [-0.39, 0.29) is 44.2 Å². The average Bonchev–Trinajstić information content (AvgIpc) is 3.19. The van der Waals surface area contributed by atoms with Gasteiger partial charge in [-0.05, 0) is 34.6 Å². The van der Waals surface area contributed by atoms with Gasteiger partial charge in [-0.25, -0.2) is 9.61 Å². The van der Waals surface area contributed by atoms with Crippen LogP contribution >= 0.6 is 46.4 Å². The monoisotopic (exact) mass is 512 g/mol. The lowest BCUT2D eigenvalue weighted by Crippen LogP contribution is -2.03. The molecule has 0 aliphatic rings. The number of hydrogen-bond acceptors (Lipinski definition) is 10. The summed E-state index contributed by atoms with van der Waals surface area (Å²) in [6.45, 7) is 0. The Morgan fingerprint density at radius 2 is 1.66 bits per heavy atom. The van der Waals surface area contributed by atoms with Crippen molar-refractivity contribution in [3.63, 3.8) is 0 Å². The molecule has 0 radical (unpaired) electrons. The third kappa shape index (κ3) is 4.65. The second kappa shape index (κ2) is 9.09. The van der Waals surface area contributed by atoms with Crippen molar-refractivity contribution in [1.82, 2.24) is 20.3 Å². The van der Waals surface area contributed by atoms with Crippen molar-refractivity contribution in [2.75, 3.05) is 10.7 Å². The number of nitro benzene ring substituents is 1. The largest absolute Gasteiger partial charge is 0.337 e. The number of hydrazone groups is 1. The van der Waals surface area contributed by atoms with Crippen molar-refractivity contribution >= 4 is 86.9 Å². The Labute approximate surface area is 198 Å². The zero-order valence-electron chi connectivity index (χ0n) is 15.4. The Bertz CT molecular complexity index is 1380. The van der Waals surface area contributed by atoms with Gasteiger partial charge in [0.25, 0.3) is 5.69 Å². The summed E-state index contributed by atoms with van der Waals surface area (Å²) in [5.41, 5.74) is 3.47. The van der Waals surface area contributed by atoms with Gasteiger partial charge < -0.3 is 5.32 Å². The van der Waals surface area contributed by atoms with E-state index >= 15 is 0 Å². The molecule has 0 saturated carbocycles. The number of nitrogens with zero attached hydrogens (tertiary/aromatic N) is 6. The fourth-order valence-electron chi connectivity index (χ4n) is 2.47.